The van der Waals surface area contributed by atoms with Crippen molar-refractivity contribution < 1.29 is 9.90 Å². The number of aromatic carboxylic acids is 1. The summed E-state index contributed by atoms with van der Waals surface area (Å²) >= 11 is 0. The molecule has 0 aliphatic heterocycles. The van der Waals surface area contributed by atoms with Crippen LogP contribution >= 0.6 is 0 Å². The number of carboxylic acid groups (broad SMARTS) is 1. The number of rotatable bonds is 2. The lowest BCUT2D eigenvalue weighted by atomic mass is 9.85. The summed E-state index contributed by atoms with van der Waals surface area (Å²) in [7, 11) is 0. The van der Waals surface area contributed by atoms with Crippen LogP contribution in [0, 0.1) is 0 Å². The van der Waals surface area contributed by atoms with Gasteiger partial charge in [0, 0.05) is 17.8 Å². The highest BCUT2D eigenvalue weighted by atomic mass is 16.4. The minimum Gasteiger partial charge on any atom is -0.478 e. The number of H-pyrrole nitrogens is 1. The topological polar surface area (TPSA) is 83.0 Å². The number of aromatic nitrogens is 2. The van der Waals surface area contributed by atoms with E-state index in [1.54, 1.807) is 0 Å². The molecule has 86 valence electrons. The molecule has 1 saturated carbocycles. The Morgan fingerprint density at radius 1 is 1.38 bits per heavy atom. The molecule has 0 radical (unpaired) electrons. The fourth-order valence-corrected chi connectivity index (χ4v) is 2.29. The van der Waals surface area contributed by atoms with Gasteiger partial charge in [-0.25, -0.2) is 14.6 Å². The van der Waals surface area contributed by atoms with Crippen LogP contribution in [0.25, 0.3) is 0 Å². The summed E-state index contributed by atoms with van der Waals surface area (Å²) < 4.78 is 0. The van der Waals surface area contributed by atoms with Crippen molar-refractivity contribution in [2.45, 2.75) is 38.0 Å². The van der Waals surface area contributed by atoms with Gasteiger partial charge in [0.15, 0.2) is 0 Å². The zero-order valence-corrected chi connectivity index (χ0v) is 8.90. The molecule has 1 heterocycles. The van der Waals surface area contributed by atoms with Crippen LogP contribution in [-0.2, 0) is 0 Å². The fourth-order valence-electron chi connectivity index (χ4n) is 2.29. The lowest BCUT2D eigenvalue weighted by Gasteiger charge is -2.22. The molecule has 2 rings (SSSR count). The number of aromatic amines is 1. The van der Waals surface area contributed by atoms with Crippen LogP contribution in [0.4, 0.5) is 0 Å². The standard InChI is InChI=1S/C11H14N2O3/c14-10(15)8-6-12-11(16)13-9(8)7-4-2-1-3-5-7/h6-7H,1-5H2,(H,14,15)(H,12,13,16). The molecule has 16 heavy (non-hydrogen) atoms. The van der Waals surface area contributed by atoms with Crippen molar-refractivity contribution in [1.29, 1.82) is 0 Å². The number of nitrogens with one attached hydrogen (secondary N) is 1. The SMILES string of the molecule is O=C(O)c1cnc(=O)[nH]c1C1CCCCC1. The molecule has 1 aliphatic carbocycles. The molecular weight excluding hydrogens is 208 g/mol. The Kier molecular flexibility index (Phi) is 3.03. The molecule has 0 spiro atoms. The highest BCUT2D eigenvalue weighted by molar-refractivity contribution is 5.88. The molecule has 2 N–H and O–H groups in total. The molecule has 1 aromatic rings. The van der Waals surface area contributed by atoms with E-state index in [0.29, 0.717) is 5.69 Å². The van der Waals surface area contributed by atoms with E-state index in [1.165, 1.54) is 6.42 Å². The van der Waals surface area contributed by atoms with Crippen molar-refractivity contribution >= 4 is 5.97 Å². The predicted molar refractivity (Wildman–Crippen MR) is 57.6 cm³/mol. The number of hydrogen-bond donors (Lipinski definition) is 2. The van der Waals surface area contributed by atoms with Gasteiger partial charge >= 0.3 is 11.7 Å². The predicted octanol–water partition coefficient (Wildman–Crippen LogP) is 1.52. The van der Waals surface area contributed by atoms with Crippen LogP contribution in [0.1, 0.15) is 54.1 Å². The highest BCUT2D eigenvalue weighted by Gasteiger charge is 2.22. The van der Waals surface area contributed by atoms with Gasteiger partial charge in [-0.3, -0.25) is 0 Å². The van der Waals surface area contributed by atoms with E-state index in [2.05, 4.69) is 9.97 Å². The maximum atomic E-state index is 11.1. The molecule has 0 amide bonds. The van der Waals surface area contributed by atoms with Crippen LogP contribution in [0.5, 0.6) is 0 Å². The van der Waals surface area contributed by atoms with E-state index >= 15 is 0 Å². The number of hydrogen-bond acceptors (Lipinski definition) is 3. The smallest absolute Gasteiger partial charge is 0.345 e. The Balaban J connectivity index is 2.40. The molecular formula is C11H14N2O3. The average Bonchev–Trinajstić information content (AvgIpc) is 2.29. The van der Waals surface area contributed by atoms with Gasteiger partial charge in [-0.1, -0.05) is 19.3 Å². The largest absolute Gasteiger partial charge is 0.478 e. The van der Waals surface area contributed by atoms with Crippen molar-refractivity contribution in [2.75, 3.05) is 0 Å². The Morgan fingerprint density at radius 2 is 2.06 bits per heavy atom. The molecule has 0 bridgehead atoms. The summed E-state index contributed by atoms with van der Waals surface area (Å²) in [5, 5.41) is 9.03. The Labute approximate surface area is 92.5 Å². The van der Waals surface area contributed by atoms with Crippen molar-refractivity contribution in [3.63, 3.8) is 0 Å². The second-order valence-electron chi connectivity index (χ2n) is 4.16. The van der Waals surface area contributed by atoms with E-state index in [-0.39, 0.29) is 11.5 Å². The second kappa shape index (κ2) is 4.47. The number of nitrogens with zero attached hydrogens (tertiary/aromatic N) is 1. The van der Waals surface area contributed by atoms with Gasteiger partial charge in [-0.15, -0.1) is 0 Å². The Hall–Kier alpha value is -1.65. The van der Waals surface area contributed by atoms with Gasteiger partial charge in [-0.2, -0.15) is 0 Å². The van der Waals surface area contributed by atoms with Crippen molar-refractivity contribution in [3.05, 3.63) is 27.9 Å². The molecule has 5 nitrogen and oxygen atoms in total. The van der Waals surface area contributed by atoms with Gasteiger partial charge in [0.25, 0.3) is 0 Å². The average molecular weight is 222 g/mol. The maximum Gasteiger partial charge on any atom is 0.345 e. The molecule has 1 fully saturated rings. The zero-order chi connectivity index (χ0) is 11.5. The summed E-state index contributed by atoms with van der Waals surface area (Å²) in [4.78, 5) is 28.2. The highest BCUT2D eigenvalue weighted by Crippen LogP contribution is 2.32. The summed E-state index contributed by atoms with van der Waals surface area (Å²) in [6.07, 6.45) is 6.42. The first kappa shape index (κ1) is 10.9. The molecule has 1 aromatic heterocycles. The van der Waals surface area contributed by atoms with E-state index in [4.69, 9.17) is 5.11 Å². The van der Waals surface area contributed by atoms with Crippen LogP contribution < -0.4 is 5.69 Å². The first-order valence-corrected chi connectivity index (χ1v) is 5.51. The van der Waals surface area contributed by atoms with Gasteiger partial charge in [0.05, 0.1) is 5.56 Å². The minimum absolute atomic E-state index is 0.131. The quantitative estimate of drug-likeness (QED) is 0.794. The minimum atomic E-state index is -1.02. The molecule has 0 atom stereocenters. The first-order chi connectivity index (χ1) is 7.68. The number of carbonyl (C=O) groups is 1. The molecule has 5 heteroatoms. The third-order valence-electron chi connectivity index (χ3n) is 3.09. The van der Waals surface area contributed by atoms with Crippen LogP contribution in [0.2, 0.25) is 0 Å². The monoisotopic (exact) mass is 222 g/mol. The fraction of sp³-hybridized carbons (Fsp3) is 0.545. The number of carboxylic acids is 1. The maximum absolute atomic E-state index is 11.1. The summed E-state index contributed by atoms with van der Waals surface area (Å²) in [5.41, 5.74) is 0.212. The molecule has 0 aromatic carbocycles. The van der Waals surface area contributed by atoms with Crippen molar-refractivity contribution in [1.82, 2.24) is 9.97 Å². The zero-order valence-electron chi connectivity index (χ0n) is 8.90. The lowest BCUT2D eigenvalue weighted by molar-refractivity contribution is 0.0693. The van der Waals surface area contributed by atoms with Crippen molar-refractivity contribution in [2.24, 2.45) is 0 Å². The van der Waals surface area contributed by atoms with E-state index in [0.717, 1.165) is 31.9 Å². The van der Waals surface area contributed by atoms with E-state index in [1.807, 2.05) is 0 Å². The summed E-state index contributed by atoms with van der Waals surface area (Å²) in [5.74, 6) is -0.861. The third-order valence-corrected chi connectivity index (χ3v) is 3.09. The van der Waals surface area contributed by atoms with Gasteiger partial charge in [0.2, 0.25) is 0 Å². The Bertz CT molecular complexity index is 447. The van der Waals surface area contributed by atoms with Crippen LogP contribution in [-0.4, -0.2) is 21.0 Å². The van der Waals surface area contributed by atoms with Crippen LogP contribution in [0.15, 0.2) is 11.0 Å². The summed E-state index contributed by atoms with van der Waals surface area (Å²) in [6, 6.07) is 0. The Morgan fingerprint density at radius 3 is 2.69 bits per heavy atom. The third kappa shape index (κ3) is 2.13. The normalized spacial score (nSPS) is 17.2. The van der Waals surface area contributed by atoms with Gasteiger partial charge < -0.3 is 10.1 Å². The van der Waals surface area contributed by atoms with Gasteiger partial charge in [0.1, 0.15) is 0 Å². The molecule has 0 unspecified atom stereocenters. The molecule has 0 saturated heterocycles. The van der Waals surface area contributed by atoms with E-state index in [9.17, 15) is 9.59 Å². The second-order valence-corrected chi connectivity index (χ2v) is 4.16. The molecule has 1 aliphatic rings. The first-order valence-electron chi connectivity index (χ1n) is 5.51. The summed E-state index contributed by atoms with van der Waals surface area (Å²) in [6.45, 7) is 0. The van der Waals surface area contributed by atoms with Gasteiger partial charge in [-0.05, 0) is 12.8 Å². The van der Waals surface area contributed by atoms with E-state index < -0.39 is 11.7 Å². The lowest BCUT2D eigenvalue weighted by Crippen LogP contribution is -2.20. The van der Waals surface area contributed by atoms with Crippen molar-refractivity contribution in [3.8, 4) is 0 Å². The van der Waals surface area contributed by atoms with Crippen LogP contribution in [0.3, 0.4) is 0 Å².